The SMILES string of the molecule is O=C(c1cc(Cl)ns1)N1CCN(S(=O)(=O)F)CC1. The van der Waals surface area contributed by atoms with Crippen molar-refractivity contribution in [2.75, 3.05) is 26.2 Å². The molecule has 0 atom stereocenters. The van der Waals surface area contributed by atoms with Gasteiger partial charge in [0, 0.05) is 32.2 Å². The second-order valence-electron chi connectivity index (χ2n) is 3.65. The zero-order chi connectivity index (χ0) is 13.3. The number of hydrogen-bond donors (Lipinski definition) is 0. The largest absolute Gasteiger partial charge is 0.374 e. The van der Waals surface area contributed by atoms with Gasteiger partial charge in [0.15, 0.2) is 0 Å². The van der Waals surface area contributed by atoms with Gasteiger partial charge in [0.05, 0.1) is 0 Å². The van der Waals surface area contributed by atoms with Crippen molar-refractivity contribution in [1.82, 2.24) is 13.6 Å². The lowest BCUT2D eigenvalue weighted by Crippen LogP contribution is -2.49. The minimum atomic E-state index is -4.67. The molecular weight excluding hydrogens is 305 g/mol. The molecule has 18 heavy (non-hydrogen) atoms. The van der Waals surface area contributed by atoms with E-state index in [0.717, 1.165) is 11.5 Å². The first-order valence-electron chi connectivity index (χ1n) is 4.99. The summed E-state index contributed by atoms with van der Waals surface area (Å²) in [5.74, 6) is -0.268. The highest BCUT2D eigenvalue weighted by Crippen LogP contribution is 2.18. The molecule has 1 fully saturated rings. The molecule has 2 heterocycles. The Labute approximate surface area is 112 Å². The number of halogens is 2. The van der Waals surface area contributed by atoms with Crippen molar-refractivity contribution in [1.29, 1.82) is 0 Å². The minimum Gasteiger partial charge on any atom is -0.335 e. The van der Waals surface area contributed by atoms with Crippen molar-refractivity contribution >= 4 is 39.4 Å². The van der Waals surface area contributed by atoms with Crippen molar-refractivity contribution in [3.8, 4) is 0 Å². The van der Waals surface area contributed by atoms with Crippen LogP contribution in [0.2, 0.25) is 5.15 Å². The van der Waals surface area contributed by atoms with Crippen LogP contribution in [0.25, 0.3) is 0 Å². The Hall–Kier alpha value is -0.770. The molecule has 0 spiro atoms. The van der Waals surface area contributed by atoms with Crippen molar-refractivity contribution in [2.24, 2.45) is 0 Å². The molecule has 0 aliphatic carbocycles. The molecule has 1 aromatic heterocycles. The third-order valence-corrected chi connectivity index (χ3v) is 4.58. The predicted octanol–water partition coefficient (Wildman–Crippen LogP) is 0.769. The number of rotatable bonds is 2. The maximum atomic E-state index is 12.7. The van der Waals surface area contributed by atoms with Gasteiger partial charge in [0.2, 0.25) is 0 Å². The summed E-state index contributed by atoms with van der Waals surface area (Å²) in [6, 6.07) is 1.45. The molecule has 0 radical (unpaired) electrons. The van der Waals surface area contributed by atoms with Crippen LogP contribution in [0.4, 0.5) is 3.89 Å². The fraction of sp³-hybridized carbons (Fsp3) is 0.500. The average molecular weight is 314 g/mol. The molecule has 1 aromatic rings. The highest BCUT2D eigenvalue weighted by Gasteiger charge is 2.29. The minimum absolute atomic E-state index is 0.0445. The Morgan fingerprint density at radius 3 is 2.44 bits per heavy atom. The highest BCUT2D eigenvalue weighted by molar-refractivity contribution is 7.83. The van der Waals surface area contributed by atoms with Crippen molar-refractivity contribution in [3.63, 3.8) is 0 Å². The van der Waals surface area contributed by atoms with Crippen molar-refractivity contribution in [2.45, 2.75) is 0 Å². The first kappa shape index (κ1) is 13.7. The third-order valence-electron chi connectivity index (χ3n) is 2.53. The monoisotopic (exact) mass is 313 g/mol. The van der Waals surface area contributed by atoms with E-state index in [0.29, 0.717) is 9.18 Å². The van der Waals surface area contributed by atoms with E-state index in [2.05, 4.69) is 4.37 Å². The fourth-order valence-corrected chi connectivity index (χ4v) is 3.11. The lowest BCUT2D eigenvalue weighted by Gasteiger charge is -2.31. The summed E-state index contributed by atoms with van der Waals surface area (Å²) in [6.07, 6.45) is 0. The predicted molar refractivity (Wildman–Crippen MR) is 64.6 cm³/mol. The van der Waals surface area contributed by atoms with E-state index in [9.17, 15) is 17.1 Å². The smallest absolute Gasteiger partial charge is 0.335 e. The summed E-state index contributed by atoms with van der Waals surface area (Å²) >= 11 is 6.60. The van der Waals surface area contributed by atoms with Crippen LogP contribution in [0.5, 0.6) is 0 Å². The second kappa shape index (κ2) is 5.08. The summed E-state index contributed by atoms with van der Waals surface area (Å²) in [5, 5.41) is 0.244. The van der Waals surface area contributed by atoms with E-state index in [4.69, 9.17) is 11.6 Å². The molecule has 1 amide bonds. The Bertz CT molecular complexity index is 554. The van der Waals surface area contributed by atoms with Crippen molar-refractivity contribution in [3.05, 3.63) is 16.1 Å². The number of carbonyl (C=O) groups excluding carboxylic acids is 1. The van der Waals surface area contributed by atoms with Crippen LogP contribution in [-0.4, -0.2) is 54.1 Å². The van der Waals surface area contributed by atoms with Gasteiger partial charge < -0.3 is 4.90 Å². The van der Waals surface area contributed by atoms with E-state index in [1.165, 1.54) is 11.0 Å². The normalized spacial score (nSPS) is 18.0. The molecule has 6 nitrogen and oxygen atoms in total. The third kappa shape index (κ3) is 2.97. The highest BCUT2D eigenvalue weighted by atomic mass is 35.5. The van der Waals surface area contributed by atoms with Crippen LogP contribution >= 0.6 is 23.1 Å². The quantitative estimate of drug-likeness (QED) is 0.756. The molecule has 1 saturated heterocycles. The van der Waals surface area contributed by atoms with Crippen LogP contribution in [0, 0.1) is 0 Å². The molecular formula is C8H9ClFN3O3S2. The van der Waals surface area contributed by atoms with E-state index in [1.807, 2.05) is 0 Å². The van der Waals surface area contributed by atoms with Crippen LogP contribution in [-0.2, 0) is 10.4 Å². The first-order valence-corrected chi connectivity index (χ1v) is 7.48. The van der Waals surface area contributed by atoms with E-state index in [-0.39, 0.29) is 37.2 Å². The van der Waals surface area contributed by atoms with Gasteiger partial charge in [-0.1, -0.05) is 15.5 Å². The zero-order valence-corrected chi connectivity index (χ0v) is 11.4. The maximum Gasteiger partial charge on any atom is 0.374 e. The number of amides is 1. The van der Waals surface area contributed by atoms with Crippen LogP contribution in [0.15, 0.2) is 6.07 Å². The summed E-state index contributed by atoms with van der Waals surface area (Å²) in [5.41, 5.74) is 0. The average Bonchev–Trinajstić information content (AvgIpc) is 2.74. The lowest BCUT2D eigenvalue weighted by molar-refractivity contribution is 0.0700. The standard InChI is InChI=1S/C8H9ClFN3O3S2/c9-7-5-6(17-11-7)8(14)12-1-3-13(4-2-12)18(10,15)16/h5H,1-4H2. The molecule has 100 valence electrons. The Morgan fingerprint density at radius 2 is 2.00 bits per heavy atom. The Morgan fingerprint density at radius 1 is 1.39 bits per heavy atom. The van der Waals surface area contributed by atoms with Gasteiger partial charge in [-0.25, -0.2) is 0 Å². The molecule has 10 heteroatoms. The molecule has 0 aromatic carbocycles. The van der Waals surface area contributed by atoms with E-state index >= 15 is 0 Å². The molecule has 0 N–H and O–H groups in total. The van der Waals surface area contributed by atoms with Gasteiger partial charge in [0.1, 0.15) is 10.0 Å². The van der Waals surface area contributed by atoms with Gasteiger partial charge in [0.25, 0.3) is 5.91 Å². The number of aromatic nitrogens is 1. The lowest BCUT2D eigenvalue weighted by atomic mass is 10.3. The van der Waals surface area contributed by atoms with Crippen LogP contribution in [0.3, 0.4) is 0 Å². The van der Waals surface area contributed by atoms with Crippen LogP contribution in [0.1, 0.15) is 9.67 Å². The zero-order valence-electron chi connectivity index (χ0n) is 9.04. The summed E-state index contributed by atoms with van der Waals surface area (Å²) < 4.78 is 38.5. The Kier molecular flexibility index (Phi) is 3.85. The molecule has 0 saturated carbocycles. The summed E-state index contributed by atoms with van der Waals surface area (Å²) in [7, 11) is -4.67. The number of carbonyl (C=O) groups is 1. The summed E-state index contributed by atoms with van der Waals surface area (Å²) in [4.78, 5) is 13.8. The molecule has 0 unspecified atom stereocenters. The topological polar surface area (TPSA) is 70.6 Å². The van der Waals surface area contributed by atoms with Gasteiger partial charge in [-0.3, -0.25) is 4.79 Å². The van der Waals surface area contributed by atoms with Gasteiger partial charge >= 0.3 is 10.4 Å². The van der Waals surface area contributed by atoms with Crippen molar-refractivity contribution < 1.29 is 17.1 Å². The number of nitrogens with zero attached hydrogens (tertiary/aromatic N) is 3. The van der Waals surface area contributed by atoms with Gasteiger partial charge in [-0.2, -0.15) is 17.1 Å². The molecule has 1 aliphatic rings. The second-order valence-corrected chi connectivity index (χ2v) is 6.18. The summed E-state index contributed by atoms with van der Waals surface area (Å²) in [6.45, 7) is 0.212. The van der Waals surface area contributed by atoms with Gasteiger partial charge in [-0.15, -0.1) is 0 Å². The fourth-order valence-electron chi connectivity index (χ4n) is 1.62. The maximum absolute atomic E-state index is 12.7. The number of piperazine rings is 1. The van der Waals surface area contributed by atoms with Gasteiger partial charge in [-0.05, 0) is 11.5 Å². The molecule has 0 bridgehead atoms. The first-order chi connectivity index (χ1) is 8.38. The van der Waals surface area contributed by atoms with E-state index < -0.39 is 10.4 Å². The molecule has 1 aliphatic heterocycles. The molecule has 2 rings (SSSR count). The van der Waals surface area contributed by atoms with E-state index in [1.54, 1.807) is 0 Å². The Balaban J connectivity index is 2.00. The number of hydrogen-bond acceptors (Lipinski definition) is 5. The van der Waals surface area contributed by atoms with Crippen LogP contribution < -0.4 is 0 Å².